The molecular weight excluding hydrogens is 424 g/mol. The maximum Gasteiger partial charge on any atom is 0.233 e. The van der Waals surface area contributed by atoms with E-state index in [1.165, 1.54) is 6.08 Å². The van der Waals surface area contributed by atoms with Crippen LogP contribution in [0.15, 0.2) is 84.3 Å². The molecule has 0 bridgehead atoms. The van der Waals surface area contributed by atoms with Crippen LogP contribution in [0.5, 0.6) is 5.75 Å². The quantitative estimate of drug-likeness (QED) is 0.485. The predicted molar refractivity (Wildman–Crippen MR) is 128 cm³/mol. The van der Waals surface area contributed by atoms with Crippen LogP contribution in [0.4, 0.5) is 5.69 Å². The van der Waals surface area contributed by atoms with Crippen molar-refractivity contribution in [3.8, 4) is 5.75 Å². The van der Waals surface area contributed by atoms with Gasteiger partial charge in [-0.1, -0.05) is 60.7 Å². The molecular formula is C25H26N2O4S. The van der Waals surface area contributed by atoms with Gasteiger partial charge in [0.15, 0.2) is 0 Å². The Balaban J connectivity index is 1.54. The van der Waals surface area contributed by atoms with Gasteiger partial charge in [-0.15, -0.1) is 0 Å². The number of nitrogens with one attached hydrogen (secondary N) is 2. The van der Waals surface area contributed by atoms with Crippen LogP contribution in [-0.4, -0.2) is 28.0 Å². The topological polar surface area (TPSA) is 84.5 Å². The fourth-order valence-electron chi connectivity index (χ4n) is 3.12. The van der Waals surface area contributed by atoms with Gasteiger partial charge in [-0.3, -0.25) is 4.79 Å². The molecule has 0 unspecified atom stereocenters. The first kappa shape index (κ1) is 23.2. The molecule has 0 aliphatic carbocycles. The van der Waals surface area contributed by atoms with Crippen molar-refractivity contribution >= 4 is 27.7 Å². The molecule has 32 heavy (non-hydrogen) atoms. The van der Waals surface area contributed by atoms with Crippen LogP contribution in [0.1, 0.15) is 23.1 Å². The van der Waals surface area contributed by atoms with E-state index in [9.17, 15) is 13.2 Å². The molecule has 6 nitrogen and oxygen atoms in total. The lowest BCUT2D eigenvalue weighted by atomic mass is 10.0. The number of amides is 1. The van der Waals surface area contributed by atoms with Crippen molar-refractivity contribution in [2.45, 2.75) is 12.8 Å². The lowest BCUT2D eigenvalue weighted by Crippen LogP contribution is -2.26. The Morgan fingerprint density at radius 2 is 1.66 bits per heavy atom. The number of benzene rings is 3. The summed E-state index contributed by atoms with van der Waals surface area (Å²) in [6.07, 6.45) is 2.19. The number of rotatable bonds is 10. The first-order chi connectivity index (χ1) is 15.4. The summed E-state index contributed by atoms with van der Waals surface area (Å²) in [5, 5.41) is 3.91. The molecule has 3 aromatic rings. The molecule has 0 aromatic heterocycles. The summed E-state index contributed by atoms with van der Waals surface area (Å²) in [5.41, 5.74) is 3.49. The minimum atomic E-state index is -3.63. The van der Waals surface area contributed by atoms with E-state index in [2.05, 4.69) is 10.0 Å². The highest BCUT2D eigenvalue weighted by molar-refractivity contribution is 7.92. The highest BCUT2D eigenvalue weighted by Crippen LogP contribution is 2.25. The van der Waals surface area contributed by atoms with E-state index in [0.717, 1.165) is 27.8 Å². The van der Waals surface area contributed by atoms with Gasteiger partial charge in [0.05, 0.1) is 7.11 Å². The highest BCUT2D eigenvalue weighted by Gasteiger charge is 2.10. The van der Waals surface area contributed by atoms with Crippen molar-refractivity contribution in [1.82, 2.24) is 4.72 Å². The summed E-state index contributed by atoms with van der Waals surface area (Å²) in [6.45, 7) is 0.000321. The van der Waals surface area contributed by atoms with Crippen molar-refractivity contribution in [3.63, 3.8) is 0 Å². The van der Waals surface area contributed by atoms with Crippen molar-refractivity contribution in [3.05, 3.63) is 101 Å². The van der Waals surface area contributed by atoms with E-state index in [1.807, 2.05) is 60.7 Å². The number of carbonyl (C=O) groups is 1. The molecule has 0 saturated heterocycles. The fourth-order valence-corrected chi connectivity index (χ4v) is 3.94. The molecule has 0 aliphatic heterocycles. The first-order valence-corrected chi connectivity index (χ1v) is 11.7. The standard InChI is InChI=1S/C25H26N2O4S/c1-31-24-13-12-23(19-22(24)18-21-10-6-3-7-11-21)27-25(28)14-16-26-32(29,30)17-15-20-8-4-2-5-9-20/h2-13,15,17,19,26H,14,16,18H2,1H3,(H,27,28)/b17-15+. The minimum Gasteiger partial charge on any atom is -0.496 e. The zero-order valence-electron chi connectivity index (χ0n) is 17.8. The van der Waals surface area contributed by atoms with Gasteiger partial charge in [-0.25, -0.2) is 13.1 Å². The molecule has 7 heteroatoms. The van der Waals surface area contributed by atoms with Gasteiger partial charge >= 0.3 is 0 Å². The van der Waals surface area contributed by atoms with Gasteiger partial charge in [0, 0.05) is 36.0 Å². The summed E-state index contributed by atoms with van der Waals surface area (Å²) < 4.78 is 32.0. The number of carbonyl (C=O) groups excluding carboxylic acids is 1. The molecule has 3 rings (SSSR count). The number of sulfonamides is 1. The molecule has 0 radical (unpaired) electrons. The van der Waals surface area contributed by atoms with E-state index in [0.29, 0.717) is 12.1 Å². The van der Waals surface area contributed by atoms with Gasteiger partial charge in [-0.05, 0) is 35.4 Å². The summed E-state index contributed by atoms with van der Waals surface area (Å²) in [5.74, 6) is 0.459. The normalized spacial score (nSPS) is 11.4. The molecule has 2 N–H and O–H groups in total. The van der Waals surface area contributed by atoms with Crippen LogP contribution in [-0.2, 0) is 21.2 Å². The van der Waals surface area contributed by atoms with E-state index in [4.69, 9.17) is 4.74 Å². The second-order valence-corrected chi connectivity index (χ2v) is 8.79. The maximum atomic E-state index is 12.3. The Bertz CT molecular complexity index is 1160. The van der Waals surface area contributed by atoms with Crippen molar-refractivity contribution in [2.24, 2.45) is 0 Å². The minimum absolute atomic E-state index is 0.000321. The number of hydrogen-bond donors (Lipinski definition) is 2. The molecule has 0 spiro atoms. The zero-order valence-corrected chi connectivity index (χ0v) is 18.6. The molecule has 0 saturated carbocycles. The largest absolute Gasteiger partial charge is 0.496 e. The molecule has 0 atom stereocenters. The first-order valence-electron chi connectivity index (χ1n) is 10.2. The Labute approximate surface area is 189 Å². The second-order valence-electron chi connectivity index (χ2n) is 7.14. The third-order valence-corrected chi connectivity index (χ3v) is 5.80. The molecule has 1 amide bonds. The Morgan fingerprint density at radius 1 is 0.969 bits per heavy atom. The van der Waals surface area contributed by atoms with Gasteiger partial charge in [0.2, 0.25) is 15.9 Å². The van der Waals surface area contributed by atoms with Crippen LogP contribution < -0.4 is 14.8 Å². The Kier molecular flexibility index (Phi) is 8.19. The Morgan fingerprint density at radius 3 is 2.34 bits per heavy atom. The SMILES string of the molecule is COc1ccc(NC(=O)CCNS(=O)(=O)/C=C/c2ccccc2)cc1Cc1ccccc1. The summed E-state index contributed by atoms with van der Waals surface area (Å²) in [7, 11) is -2.01. The van der Waals surface area contributed by atoms with Crippen LogP contribution in [0.2, 0.25) is 0 Å². The van der Waals surface area contributed by atoms with E-state index < -0.39 is 10.0 Å². The van der Waals surface area contributed by atoms with Gasteiger partial charge in [-0.2, -0.15) is 0 Å². The average Bonchev–Trinajstić information content (AvgIpc) is 2.79. The summed E-state index contributed by atoms with van der Waals surface area (Å²) in [4.78, 5) is 12.3. The second kappa shape index (κ2) is 11.3. The van der Waals surface area contributed by atoms with Crippen molar-refractivity contribution in [2.75, 3.05) is 19.0 Å². The third-order valence-electron chi connectivity index (χ3n) is 4.70. The van der Waals surface area contributed by atoms with Crippen LogP contribution >= 0.6 is 0 Å². The molecule has 0 aliphatic rings. The molecule has 166 valence electrons. The van der Waals surface area contributed by atoms with Crippen LogP contribution in [0.25, 0.3) is 6.08 Å². The van der Waals surface area contributed by atoms with Gasteiger partial charge < -0.3 is 10.1 Å². The monoisotopic (exact) mass is 450 g/mol. The Hall–Kier alpha value is -3.42. The van der Waals surface area contributed by atoms with Crippen LogP contribution in [0, 0.1) is 0 Å². The van der Waals surface area contributed by atoms with Gasteiger partial charge in [0.25, 0.3) is 0 Å². The van der Waals surface area contributed by atoms with E-state index >= 15 is 0 Å². The number of hydrogen-bond acceptors (Lipinski definition) is 4. The predicted octanol–water partition coefficient (Wildman–Crippen LogP) is 4.20. The van der Waals surface area contributed by atoms with Gasteiger partial charge in [0.1, 0.15) is 5.75 Å². The highest BCUT2D eigenvalue weighted by atomic mass is 32.2. The van der Waals surface area contributed by atoms with E-state index in [1.54, 1.807) is 25.3 Å². The molecule has 0 heterocycles. The fraction of sp³-hybridized carbons (Fsp3) is 0.160. The smallest absolute Gasteiger partial charge is 0.233 e. The van der Waals surface area contributed by atoms with Crippen molar-refractivity contribution in [1.29, 1.82) is 0 Å². The summed E-state index contributed by atoms with van der Waals surface area (Å²) in [6, 6.07) is 24.5. The number of ether oxygens (including phenoxy) is 1. The van der Waals surface area contributed by atoms with Crippen LogP contribution in [0.3, 0.4) is 0 Å². The number of methoxy groups -OCH3 is 1. The zero-order chi connectivity index (χ0) is 22.8. The lowest BCUT2D eigenvalue weighted by Gasteiger charge is -2.12. The van der Waals surface area contributed by atoms with E-state index in [-0.39, 0.29) is 18.9 Å². The van der Waals surface area contributed by atoms with Crippen molar-refractivity contribution < 1.29 is 17.9 Å². The molecule has 0 fully saturated rings. The maximum absolute atomic E-state index is 12.3. The molecule has 3 aromatic carbocycles. The lowest BCUT2D eigenvalue weighted by molar-refractivity contribution is -0.116. The number of anilines is 1. The average molecular weight is 451 g/mol. The third kappa shape index (κ3) is 7.37. The summed E-state index contributed by atoms with van der Waals surface area (Å²) >= 11 is 0.